The zero-order chi connectivity index (χ0) is 20.9. The van der Waals surface area contributed by atoms with E-state index in [0.717, 1.165) is 21.2 Å². The molecule has 0 saturated carbocycles. The molecule has 0 radical (unpaired) electrons. The van der Waals surface area contributed by atoms with Crippen LogP contribution in [-0.2, 0) is 4.79 Å². The summed E-state index contributed by atoms with van der Waals surface area (Å²) in [4.78, 5) is 25.6. The Labute approximate surface area is 177 Å². The van der Waals surface area contributed by atoms with Crippen molar-refractivity contribution >= 4 is 27.9 Å². The van der Waals surface area contributed by atoms with Gasteiger partial charge in [0.05, 0.1) is 12.1 Å². The number of halogens is 1. The fraction of sp³-hybridized carbons (Fsp3) is 0.364. The molecular formula is C22H22BrN3O3. The summed E-state index contributed by atoms with van der Waals surface area (Å²) >= 11 is 3.42. The Balaban J connectivity index is 1.93. The number of hydrogen-bond acceptors (Lipinski definition) is 5. The van der Waals surface area contributed by atoms with Crippen molar-refractivity contribution in [2.45, 2.75) is 44.8 Å². The van der Waals surface area contributed by atoms with Gasteiger partial charge in [0.25, 0.3) is 0 Å². The van der Waals surface area contributed by atoms with E-state index in [2.05, 4.69) is 21.0 Å². The molecule has 2 aliphatic heterocycles. The van der Waals surface area contributed by atoms with Gasteiger partial charge < -0.3 is 0 Å². The van der Waals surface area contributed by atoms with Crippen molar-refractivity contribution in [3.63, 3.8) is 0 Å². The number of fused-ring (bicyclic) bond motifs is 3. The van der Waals surface area contributed by atoms with Crippen LogP contribution in [0.3, 0.4) is 0 Å². The molecule has 7 heteroatoms. The number of carbonyl (C=O) groups excluding carboxylic acids is 1. The number of nitro groups is 1. The number of ketones is 1. The molecule has 0 bridgehead atoms. The van der Waals surface area contributed by atoms with E-state index in [1.807, 2.05) is 69.3 Å². The summed E-state index contributed by atoms with van der Waals surface area (Å²) in [5.41, 5.74) is 1.83. The highest BCUT2D eigenvalue weighted by Gasteiger charge is 2.61. The first kappa shape index (κ1) is 19.8. The number of hydrazone groups is 1. The lowest BCUT2D eigenvalue weighted by Crippen LogP contribution is -2.43. The van der Waals surface area contributed by atoms with E-state index in [1.165, 1.54) is 0 Å². The maximum absolute atomic E-state index is 13.5. The largest absolute Gasteiger partial charge is 0.297 e. The second-order valence-corrected chi connectivity index (χ2v) is 9.53. The van der Waals surface area contributed by atoms with Crippen molar-refractivity contribution in [2.24, 2.45) is 10.5 Å². The van der Waals surface area contributed by atoms with E-state index in [1.54, 1.807) is 11.2 Å². The normalized spacial score (nSPS) is 25.4. The Bertz CT molecular complexity index is 997. The van der Waals surface area contributed by atoms with Crippen LogP contribution in [0.15, 0.2) is 58.1 Å². The van der Waals surface area contributed by atoms with Crippen LogP contribution in [0, 0.1) is 15.5 Å². The van der Waals surface area contributed by atoms with Crippen LogP contribution in [0.4, 0.5) is 0 Å². The molecule has 2 aromatic rings. The molecule has 1 unspecified atom stereocenters. The van der Waals surface area contributed by atoms with Crippen LogP contribution in [0.1, 0.15) is 49.4 Å². The van der Waals surface area contributed by atoms with Crippen molar-refractivity contribution in [3.05, 3.63) is 79.8 Å². The van der Waals surface area contributed by atoms with Crippen molar-refractivity contribution in [3.8, 4) is 0 Å². The lowest BCUT2D eigenvalue weighted by molar-refractivity contribution is -0.529. The van der Waals surface area contributed by atoms with Crippen LogP contribution in [0.5, 0.6) is 0 Å². The number of Topliss-reactive ketones (excluding diaryl/α,β-unsaturated/α-hetero) is 1. The molecular weight excluding hydrogens is 434 g/mol. The Hall–Kier alpha value is -2.54. The predicted molar refractivity (Wildman–Crippen MR) is 115 cm³/mol. The first-order valence-electron chi connectivity index (χ1n) is 9.54. The molecule has 1 saturated heterocycles. The fourth-order valence-corrected chi connectivity index (χ4v) is 4.68. The summed E-state index contributed by atoms with van der Waals surface area (Å²) in [6.45, 7) is 5.55. The van der Waals surface area contributed by atoms with E-state index in [9.17, 15) is 14.9 Å². The van der Waals surface area contributed by atoms with E-state index < -0.39 is 29.5 Å². The van der Waals surface area contributed by atoms with Gasteiger partial charge in [-0.3, -0.25) is 19.9 Å². The van der Waals surface area contributed by atoms with Gasteiger partial charge in [0.1, 0.15) is 12.1 Å². The van der Waals surface area contributed by atoms with Gasteiger partial charge in [-0.05, 0) is 23.3 Å². The fourth-order valence-electron chi connectivity index (χ4n) is 4.41. The maximum atomic E-state index is 13.5. The summed E-state index contributed by atoms with van der Waals surface area (Å²) in [5.74, 6) is -0.644. The minimum atomic E-state index is -0.980. The van der Waals surface area contributed by atoms with Crippen molar-refractivity contribution in [1.29, 1.82) is 0 Å². The molecule has 1 fully saturated rings. The van der Waals surface area contributed by atoms with E-state index in [-0.39, 0.29) is 10.7 Å². The molecule has 2 aromatic carbocycles. The molecule has 4 rings (SSSR count). The minimum absolute atomic E-state index is 0.0451. The van der Waals surface area contributed by atoms with Crippen LogP contribution in [0.2, 0.25) is 0 Å². The highest BCUT2D eigenvalue weighted by molar-refractivity contribution is 9.10. The summed E-state index contributed by atoms with van der Waals surface area (Å²) in [6.07, 6.45) is 1.70. The molecule has 0 aromatic heterocycles. The van der Waals surface area contributed by atoms with Gasteiger partial charge in [-0.25, -0.2) is 0 Å². The number of rotatable bonds is 3. The average Bonchev–Trinajstić information content (AvgIpc) is 3.02. The van der Waals surface area contributed by atoms with Gasteiger partial charge in [0.15, 0.2) is 5.78 Å². The smallest absolute Gasteiger partial charge is 0.248 e. The Morgan fingerprint density at radius 1 is 1.14 bits per heavy atom. The average molecular weight is 456 g/mol. The van der Waals surface area contributed by atoms with Crippen LogP contribution in [0.25, 0.3) is 0 Å². The zero-order valence-corrected chi connectivity index (χ0v) is 18.0. The zero-order valence-electron chi connectivity index (χ0n) is 16.4. The SMILES string of the molecule is CC(C)(C)C(=O)[C@H]1[C@H](c2ccc(Br)cc2)[C@@H]([N+](=O)[O-])C2c3ccccc3C=NN21. The van der Waals surface area contributed by atoms with Gasteiger partial charge in [-0.2, -0.15) is 5.10 Å². The molecule has 0 spiro atoms. The molecule has 0 N–H and O–H groups in total. The van der Waals surface area contributed by atoms with E-state index >= 15 is 0 Å². The third kappa shape index (κ3) is 3.27. The maximum Gasteiger partial charge on any atom is 0.248 e. The standard InChI is InChI=1S/C22H22BrN3O3/c1-22(2,3)21(27)20-17(13-8-10-15(23)11-9-13)19(26(28)29)18-16-7-5-4-6-14(16)12-24-25(18)20/h4-12,17-20H,1-3H3/t17-,18?,19-,20-/m1/s1. The Morgan fingerprint density at radius 3 is 2.41 bits per heavy atom. The predicted octanol–water partition coefficient (Wildman–Crippen LogP) is 4.57. The monoisotopic (exact) mass is 455 g/mol. The molecule has 4 atom stereocenters. The summed E-state index contributed by atoms with van der Waals surface area (Å²) in [7, 11) is 0. The summed E-state index contributed by atoms with van der Waals surface area (Å²) in [6, 6.07) is 12.7. The topological polar surface area (TPSA) is 75.8 Å². The van der Waals surface area contributed by atoms with Gasteiger partial charge in [-0.15, -0.1) is 0 Å². The first-order chi connectivity index (χ1) is 13.7. The van der Waals surface area contributed by atoms with Crippen molar-refractivity contribution in [2.75, 3.05) is 0 Å². The van der Waals surface area contributed by atoms with Crippen LogP contribution in [-0.4, -0.2) is 34.0 Å². The van der Waals surface area contributed by atoms with Crippen LogP contribution >= 0.6 is 15.9 Å². The lowest BCUT2D eigenvalue weighted by Gasteiger charge is -2.33. The molecule has 150 valence electrons. The molecule has 2 heterocycles. The molecule has 6 nitrogen and oxygen atoms in total. The highest BCUT2D eigenvalue weighted by Crippen LogP contribution is 2.50. The van der Waals surface area contributed by atoms with Gasteiger partial charge in [-0.1, -0.05) is 73.1 Å². The summed E-state index contributed by atoms with van der Waals surface area (Å²) in [5, 5.41) is 18.6. The molecule has 0 aliphatic carbocycles. The number of carbonyl (C=O) groups is 1. The minimum Gasteiger partial charge on any atom is -0.297 e. The Kier molecular flexibility index (Phi) is 4.81. The third-order valence-electron chi connectivity index (χ3n) is 5.75. The lowest BCUT2D eigenvalue weighted by atomic mass is 9.78. The van der Waals surface area contributed by atoms with E-state index in [4.69, 9.17) is 0 Å². The number of hydrogen-bond donors (Lipinski definition) is 0. The number of benzene rings is 2. The third-order valence-corrected chi connectivity index (χ3v) is 6.28. The van der Waals surface area contributed by atoms with Crippen LogP contribution < -0.4 is 0 Å². The first-order valence-corrected chi connectivity index (χ1v) is 10.3. The van der Waals surface area contributed by atoms with E-state index in [0.29, 0.717) is 0 Å². The summed E-state index contributed by atoms with van der Waals surface area (Å²) < 4.78 is 0.886. The van der Waals surface area contributed by atoms with Crippen molar-refractivity contribution in [1.82, 2.24) is 5.01 Å². The Morgan fingerprint density at radius 2 is 1.79 bits per heavy atom. The highest BCUT2D eigenvalue weighted by atomic mass is 79.9. The van der Waals surface area contributed by atoms with Gasteiger partial charge >= 0.3 is 0 Å². The van der Waals surface area contributed by atoms with Gasteiger partial charge in [0.2, 0.25) is 6.04 Å². The molecule has 0 amide bonds. The van der Waals surface area contributed by atoms with Crippen molar-refractivity contribution < 1.29 is 9.72 Å². The van der Waals surface area contributed by atoms with Gasteiger partial charge in [0, 0.05) is 20.4 Å². The second kappa shape index (κ2) is 7.06. The number of nitrogens with zero attached hydrogens (tertiary/aromatic N) is 3. The molecule has 29 heavy (non-hydrogen) atoms. The second-order valence-electron chi connectivity index (χ2n) is 8.61. The quantitative estimate of drug-likeness (QED) is 0.501. The molecule has 2 aliphatic rings.